The monoisotopic (exact) mass is 293 g/mol. The Balaban J connectivity index is 2.19. The summed E-state index contributed by atoms with van der Waals surface area (Å²) >= 11 is 6.28. The number of carbonyl (C=O) groups excluding carboxylic acids is 1. The zero-order valence-electron chi connectivity index (χ0n) is 12.0. The minimum Gasteiger partial charge on any atom is -0.357 e. The molecule has 0 aliphatic rings. The fourth-order valence-corrected chi connectivity index (χ4v) is 2.57. The molecule has 2 aromatic rings. The Bertz CT molecular complexity index is 619. The molecule has 0 saturated heterocycles. The van der Waals surface area contributed by atoms with Crippen LogP contribution < -0.4 is 10.6 Å². The van der Waals surface area contributed by atoms with Gasteiger partial charge in [0.1, 0.15) is 0 Å². The van der Waals surface area contributed by atoms with Gasteiger partial charge in [0.25, 0.3) is 0 Å². The first-order chi connectivity index (χ1) is 9.51. The number of aromatic nitrogens is 1. The lowest BCUT2D eigenvalue weighted by Gasteiger charge is -2.07. The van der Waals surface area contributed by atoms with Gasteiger partial charge in [0.15, 0.2) is 0 Å². The molecule has 1 heterocycles. The second-order valence-corrected chi connectivity index (χ2v) is 5.62. The smallest absolute Gasteiger partial charge is 0.234 e. The van der Waals surface area contributed by atoms with Gasteiger partial charge in [0.2, 0.25) is 5.91 Å². The molecule has 20 heavy (non-hydrogen) atoms. The Morgan fingerprint density at radius 2 is 2.10 bits per heavy atom. The first-order valence-electron chi connectivity index (χ1n) is 6.73. The number of rotatable bonds is 5. The minimum atomic E-state index is -0.0212. The van der Waals surface area contributed by atoms with E-state index in [1.807, 2.05) is 12.1 Å². The summed E-state index contributed by atoms with van der Waals surface area (Å²) in [5, 5.41) is 7.52. The predicted octanol–water partition coefficient (Wildman–Crippen LogP) is 2.78. The van der Waals surface area contributed by atoms with Crippen molar-refractivity contribution in [2.75, 3.05) is 13.6 Å². The second-order valence-electron chi connectivity index (χ2n) is 5.22. The Labute approximate surface area is 123 Å². The zero-order valence-corrected chi connectivity index (χ0v) is 12.8. The van der Waals surface area contributed by atoms with Crippen molar-refractivity contribution in [2.24, 2.45) is 0 Å². The summed E-state index contributed by atoms with van der Waals surface area (Å²) in [5.74, 6) is 0.362. The van der Waals surface area contributed by atoms with Crippen molar-refractivity contribution in [3.63, 3.8) is 0 Å². The number of fused-ring (bicyclic) bond motifs is 1. The van der Waals surface area contributed by atoms with E-state index in [2.05, 4.69) is 35.5 Å². The molecule has 0 aliphatic heterocycles. The van der Waals surface area contributed by atoms with Crippen molar-refractivity contribution in [3.05, 3.63) is 34.5 Å². The van der Waals surface area contributed by atoms with Gasteiger partial charge in [0, 0.05) is 21.6 Å². The number of halogens is 1. The van der Waals surface area contributed by atoms with E-state index in [-0.39, 0.29) is 5.91 Å². The molecule has 0 fully saturated rings. The highest BCUT2D eigenvalue weighted by molar-refractivity contribution is 6.32. The maximum atomic E-state index is 11.4. The van der Waals surface area contributed by atoms with Crippen LogP contribution >= 0.6 is 11.6 Å². The van der Waals surface area contributed by atoms with E-state index in [1.54, 1.807) is 7.05 Å². The molecule has 0 unspecified atom stereocenters. The van der Waals surface area contributed by atoms with Crippen LogP contribution in [0, 0.1) is 0 Å². The van der Waals surface area contributed by atoms with Crippen molar-refractivity contribution in [1.82, 2.24) is 15.6 Å². The molecule has 0 atom stereocenters. The van der Waals surface area contributed by atoms with Crippen LogP contribution in [-0.2, 0) is 11.3 Å². The van der Waals surface area contributed by atoms with Crippen molar-refractivity contribution < 1.29 is 4.79 Å². The lowest BCUT2D eigenvalue weighted by molar-refractivity contribution is -0.120. The minimum absolute atomic E-state index is 0.0212. The van der Waals surface area contributed by atoms with E-state index in [0.29, 0.717) is 19.0 Å². The van der Waals surface area contributed by atoms with Crippen LogP contribution in [0.1, 0.15) is 31.0 Å². The fraction of sp³-hybridized carbons (Fsp3) is 0.400. The SMILES string of the molecule is CNCC(=O)NCc1cc2cc(Cl)c(C(C)C)cc2[nH]1. The zero-order chi connectivity index (χ0) is 14.7. The maximum Gasteiger partial charge on any atom is 0.234 e. The van der Waals surface area contributed by atoms with E-state index in [1.165, 1.54) is 0 Å². The van der Waals surface area contributed by atoms with Crippen LogP contribution in [0.15, 0.2) is 18.2 Å². The lowest BCUT2D eigenvalue weighted by Crippen LogP contribution is -2.31. The predicted molar refractivity (Wildman–Crippen MR) is 83.2 cm³/mol. The average Bonchev–Trinajstić information content (AvgIpc) is 2.77. The van der Waals surface area contributed by atoms with E-state index in [0.717, 1.165) is 27.2 Å². The normalized spacial score (nSPS) is 11.2. The van der Waals surface area contributed by atoms with Crippen LogP contribution in [0.5, 0.6) is 0 Å². The van der Waals surface area contributed by atoms with Crippen LogP contribution in [-0.4, -0.2) is 24.5 Å². The average molecular weight is 294 g/mol. The third-order valence-corrected chi connectivity index (χ3v) is 3.56. The lowest BCUT2D eigenvalue weighted by atomic mass is 10.0. The van der Waals surface area contributed by atoms with Gasteiger partial charge in [-0.15, -0.1) is 0 Å². The Morgan fingerprint density at radius 3 is 2.75 bits per heavy atom. The topological polar surface area (TPSA) is 56.9 Å². The highest BCUT2D eigenvalue weighted by atomic mass is 35.5. The molecular formula is C15H20ClN3O. The van der Waals surface area contributed by atoms with E-state index in [9.17, 15) is 4.79 Å². The fourth-order valence-electron chi connectivity index (χ4n) is 2.18. The molecule has 0 saturated carbocycles. The number of H-pyrrole nitrogens is 1. The van der Waals surface area contributed by atoms with E-state index in [4.69, 9.17) is 11.6 Å². The molecule has 3 N–H and O–H groups in total. The van der Waals surface area contributed by atoms with Crippen molar-refractivity contribution in [2.45, 2.75) is 26.3 Å². The van der Waals surface area contributed by atoms with Gasteiger partial charge in [0.05, 0.1) is 13.1 Å². The highest BCUT2D eigenvalue weighted by Gasteiger charge is 2.09. The largest absolute Gasteiger partial charge is 0.357 e. The van der Waals surface area contributed by atoms with Gasteiger partial charge in [-0.2, -0.15) is 0 Å². The summed E-state index contributed by atoms with van der Waals surface area (Å²) in [7, 11) is 1.75. The van der Waals surface area contributed by atoms with Crippen LogP contribution in [0.2, 0.25) is 5.02 Å². The summed E-state index contributed by atoms with van der Waals surface area (Å²) in [5.41, 5.74) is 3.16. The van der Waals surface area contributed by atoms with E-state index < -0.39 is 0 Å². The van der Waals surface area contributed by atoms with Gasteiger partial charge in [-0.1, -0.05) is 25.4 Å². The Morgan fingerprint density at radius 1 is 1.35 bits per heavy atom. The molecule has 4 nitrogen and oxygen atoms in total. The quantitative estimate of drug-likeness (QED) is 0.794. The van der Waals surface area contributed by atoms with Crippen molar-refractivity contribution in [3.8, 4) is 0 Å². The first kappa shape index (κ1) is 14.9. The summed E-state index contributed by atoms with van der Waals surface area (Å²) in [4.78, 5) is 14.7. The number of likely N-dealkylation sites (N-methyl/N-ethyl adjacent to an activating group) is 1. The van der Waals surface area contributed by atoms with Crippen LogP contribution in [0.25, 0.3) is 10.9 Å². The molecule has 0 aliphatic carbocycles. The number of carbonyl (C=O) groups is 1. The van der Waals surface area contributed by atoms with Crippen LogP contribution in [0.4, 0.5) is 0 Å². The van der Waals surface area contributed by atoms with Gasteiger partial charge >= 0.3 is 0 Å². The second kappa shape index (κ2) is 6.29. The van der Waals surface area contributed by atoms with Gasteiger partial charge in [-0.3, -0.25) is 4.79 Å². The van der Waals surface area contributed by atoms with Crippen molar-refractivity contribution >= 4 is 28.4 Å². The third kappa shape index (κ3) is 3.32. The summed E-state index contributed by atoms with van der Waals surface area (Å²) in [6.45, 7) is 5.05. The Kier molecular flexibility index (Phi) is 4.68. The van der Waals surface area contributed by atoms with Gasteiger partial charge < -0.3 is 15.6 Å². The Hall–Kier alpha value is -1.52. The molecule has 2 rings (SSSR count). The molecule has 1 amide bonds. The number of nitrogens with one attached hydrogen (secondary N) is 3. The summed E-state index contributed by atoms with van der Waals surface area (Å²) < 4.78 is 0. The number of aromatic amines is 1. The number of amides is 1. The first-order valence-corrected chi connectivity index (χ1v) is 7.11. The molecule has 0 spiro atoms. The van der Waals surface area contributed by atoms with Crippen LogP contribution in [0.3, 0.4) is 0 Å². The molecule has 1 aromatic carbocycles. The third-order valence-electron chi connectivity index (χ3n) is 3.23. The molecule has 0 bridgehead atoms. The highest BCUT2D eigenvalue weighted by Crippen LogP contribution is 2.29. The molecule has 0 radical (unpaired) electrons. The number of hydrogen-bond donors (Lipinski definition) is 3. The summed E-state index contributed by atoms with van der Waals surface area (Å²) in [6.07, 6.45) is 0. The van der Waals surface area contributed by atoms with Gasteiger partial charge in [-0.05, 0) is 36.7 Å². The molecule has 1 aromatic heterocycles. The molecule has 5 heteroatoms. The van der Waals surface area contributed by atoms with E-state index >= 15 is 0 Å². The molecule has 108 valence electrons. The number of hydrogen-bond acceptors (Lipinski definition) is 2. The standard InChI is InChI=1S/C15H20ClN3O/c1-9(2)12-6-14-10(5-13(12)16)4-11(19-14)7-18-15(20)8-17-3/h4-6,9,17,19H,7-8H2,1-3H3,(H,18,20). The molecular weight excluding hydrogens is 274 g/mol. The number of benzene rings is 1. The maximum absolute atomic E-state index is 11.4. The van der Waals surface area contributed by atoms with Gasteiger partial charge in [-0.25, -0.2) is 0 Å². The summed E-state index contributed by atoms with van der Waals surface area (Å²) in [6, 6.07) is 6.08. The van der Waals surface area contributed by atoms with Crippen molar-refractivity contribution in [1.29, 1.82) is 0 Å².